The Morgan fingerprint density at radius 3 is 1.52 bits per heavy atom. The Bertz CT molecular complexity index is 775. The van der Waals surface area contributed by atoms with Gasteiger partial charge < -0.3 is 19.5 Å². The maximum Gasteiger partial charge on any atom is 0.306 e. The van der Waals surface area contributed by atoms with E-state index in [0.29, 0.717) is 19.4 Å². The van der Waals surface area contributed by atoms with E-state index in [4.69, 9.17) is 9.47 Å². The molecule has 0 aromatic carbocycles. The van der Waals surface area contributed by atoms with Crippen LogP contribution in [0.25, 0.3) is 0 Å². The highest BCUT2D eigenvalue weighted by molar-refractivity contribution is 5.69. The molecule has 0 spiro atoms. The van der Waals surface area contributed by atoms with Crippen LogP contribution in [0.4, 0.5) is 0 Å². The zero-order chi connectivity index (χ0) is 37.7. The fourth-order valence-corrected chi connectivity index (χ4v) is 7.81. The van der Waals surface area contributed by atoms with E-state index in [1.54, 1.807) is 0 Å². The summed E-state index contributed by atoms with van der Waals surface area (Å²) in [7, 11) is 0. The summed E-state index contributed by atoms with van der Waals surface area (Å²) in [6, 6.07) is 0. The van der Waals surface area contributed by atoms with Gasteiger partial charge in [-0.15, -0.1) is 0 Å². The molecule has 6 nitrogen and oxygen atoms in total. The number of aliphatic hydroxyl groups is 1. The van der Waals surface area contributed by atoms with Crippen molar-refractivity contribution in [1.29, 1.82) is 0 Å². The molecular formula is C46H89NO5. The van der Waals surface area contributed by atoms with Crippen LogP contribution in [-0.2, 0) is 19.1 Å². The predicted molar refractivity (Wildman–Crippen MR) is 221 cm³/mol. The Labute approximate surface area is 323 Å². The fourth-order valence-electron chi connectivity index (χ4n) is 7.81. The molecule has 1 aliphatic rings. The van der Waals surface area contributed by atoms with Crippen molar-refractivity contribution in [1.82, 2.24) is 4.90 Å². The lowest BCUT2D eigenvalue weighted by Crippen LogP contribution is -2.29. The third kappa shape index (κ3) is 31.2. The lowest BCUT2D eigenvalue weighted by molar-refractivity contribution is -0.150. The summed E-state index contributed by atoms with van der Waals surface area (Å²) < 4.78 is 11.5. The summed E-state index contributed by atoms with van der Waals surface area (Å²) in [6.07, 6.45) is 38.9. The van der Waals surface area contributed by atoms with Crippen LogP contribution in [0.1, 0.15) is 233 Å². The Kier molecular flexibility index (Phi) is 34.6. The maximum atomic E-state index is 12.7. The molecule has 1 fully saturated rings. The molecule has 0 bridgehead atoms. The molecule has 52 heavy (non-hydrogen) atoms. The molecular weight excluding hydrogens is 647 g/mol. The van der Waals surface area contributed by atoms with Crippen molar-refractivity contribution in [3.05, 3.63) is 0 Å². The molecule has 2 unspecified atom stereocenters. The average Bonchev–Trinajstić information content (AvgIpc) is 3.89. The molecule has 1 aliphatic carbocycles. The number of hydrogen-bond donors (Lipinski definition) is 1. The van der Waals surface area contributed by atoms with Crippen LogP contribution in [0.5, 0.6) is 0 Å². The van der Waals surface area contributed by atoms with Crippen molar-refractivity contribution in [2.75, 3.05) is 32.8 Å². The lowest BCUT2D eigenvalue weighted by atomic mass is 10.0. The van der Waals surface area contributed by atoms with Gasteiger partial charge in [0.2, 0.25) is 0 Å². The van der Waals surface area contributed by atoms with Gasteiger partial charge in [0.05, 0.1) is 13.2 Å². The second kappa shape index (κ2) is 36.8. The first kappa shape index (κ1) is 48.9. The average molecular weight is 736 g/mol. The van der Waals surface area contributed by atoms with Gasteiger partial charge in [-0.3, -0.25) is 9.59 Å². The number of hydrogen-bond acceptors (Lipinski definition) is 6. The van der Waals surface area contributed by atoms with Gasteiger partial charge in [0.15, 0.2) is 0 Å². The van der Waals surface area contributed by atoms with E-state index >= 15 is 0 Å². The summed E-state index contributed by atoms with van der Waals surface area (Å²) in [5.41, 5.74) is 0. The molecule has 0 amide bonds. The van der Waals surface area contributed by atoms with Gasteiger partial charge in [0, 0.05) is 19.4 Å². The largest absolute Gasteiger partial charge is 0.466 e. The van der Waals surface area contributed by atoms with Gasteiger partial charge in [-0.05, 0) is 89.1 Å². The van der Waals surface area contributed by atoms with Crippen LogP contribution in [-0.4, -0.2) is 60.9 Å². The van der Waals surface area contributed by atoms with E-state index in [1.165, 1.54) is 128 Å². The molecule has 6 heteroatoms. The number of carbonyl (C=O) groups is 2. The van der Waals surface area contributed by atoms with Gasteiger partial charge in [-0.1, -0.05) is 156 Å². The number of ether oxygens (including phenoxy) is 2. The molecule has 0 aliphatic heterocycles. The molecule has 0 heterocycles. The van der Waals surface area contributed by atoms with Gasteiger partial charge >= 0.3 is 11.9 Å². The van der Waals surface area contributed by atoms with Crippen molar-refractivity contribution in [3.8, 4) is 0 Å². The molecule has 0 saturated heterocycles. The van der Waals surface area contributed by atoms with Gasteiger partial charge in [0.1, 0.15) is 6.10 Å². The molecule has 0 aromatic rings. The Morgan fingerprint density at radius 2 is 0.981 bits per heavy atom. The lowest BCUT2D eigenvalue weighted by Gasteiger charge is -2.21. The minimum Gasteiger partial charge on any atom is -0.466 e. The standard InChI is InChI=1S/C46H89NO5/c1-4-7-10-13-17-24-31-44(32-25-18-14-11-8-5-2)52-46(50)34-27-20-16-22-29-37-47(38-39-48)36-28-21-15-19-26-33-45(49)51-40-35-43-41-42(43)30-23-12-9-6-3/h42-44,48H,4-41H2,1-3H3. The highest BCUT2D eigenvalue weighted by atomic mass is 16.5. The molecule has 0 aromatic heterocycles. The second-order valence-electron chi connectivity index (χ2n) is 16.4. The second-order valence-corrected chi connectivity index (χ2v) is 16.4. The van der Waals surface area contributed by atoms with E-state index < -0.39 is 0 Å². The fraction of sp³-hybridized carbons (Fsp3) is 0.957. The van der Waals surface area contributed by atoms with Crippen molar-refractivity contribution < 1.29 is 24.2 Å². The molecule has 1 N–H and O–H groups in total. The number of esters is 2. The molecule has 308 valence electrons. The van der Waals surface area contributed by atoms with Crippen LogP contribution >= 0.6 is 0 Å². The van der Waals surface area contributed by atoms with Crippen molar-refractivity contribution in [3.63, 3.8) is 0 Å². The Morgan fingerprint density at radius 1 is 0.538 bits per heavy atom. The molecule has 1 rings (SSSR count). The summed E-state index contributed by atoms with van der Waals surface area (Å²) >= 11 is 0. The van der Waals surface area contributed by atoms with Crippen LogP contribution < -0.4 is 0 Å². The molecule has 1 saturated carbocycles. The maximum absolute atomic E-state index is 12.7. The van der Waals surface area contributed by atoms with Crippen LogP contribution in [0.3, 0.4) is 0 Å². The van der Waals surface area contributed by atoms with E-state index in [-0.39, 0.29) is 24.6 Å². The van der Waals surface area contributed by atoms with E-state index in [1.807, 2.05) is 0 Å². The zero-order valence-corrected chi connectivity index (χ0v) is 35.1. The number of nitrogens with zero attached hydrogens (tertiary/aromatic N) is 1. The van der Waals surface area contributed by atoms with Gasteiger partial charge in [-0.25, -0.2) is 0 Å². The van der Waals surface area contributed by atoms with Crippen LogP contribution in [0.15, 0.2) is 0 Å². The zero-order valence-electron chi connectivity index (χ0n) is 35.1. The summed E-state index contributed by atoms with van der Waals surface area (Å²) in [5, 5.41) is 9.56. The predicted octanol–water partition coefficient (Wildman–Crippen LogP) is 12.9. The molecule has 2 atom stereocenters. The first-order chi connectivity index (χ1) is 25.5. The van der Waals surface area contributed by atoms with Gasteiger partial charge in [0.25, 0.3) is 0 Å². The van der Waals surface area contributed by atoms with Crippen LogP contribution in [0.2, 0.25) is 0 Å². The minimum absolute atomic E-state index is 0.0135. The number of carbonyl (C=O) groups excluding carboxylic acids is 2. The van der Waals surface area contributed by atoms with E-state index in [9.17, 15) is 14.7 Å². The smallest absolute Gasteiger partial charge is 0.306 e. The van der Waals surface area contributed by atoms with Crippen molar-refractivity contribution in [2.45, 2.75) is 239 Å². The third-order valence-electron chi connectivity index (χ3n) is 11.4. The topological polar surface area (TPSA) is 76.1 Å². The normalized spacial score (nSPS) is 15.5. The highest BCUT2D eigenvalue weighted by Crippen LogP contribution is 2.44. The van der Waals surface area contributed by atoms with Gasteiger partial charge in [-0.2, -0.15) is 0 Å². The SMILES string of the molecule is CCCCCCCCC(CCCCCCCC)OC(=O)CCCCCCCN(CCO)CCCCCCCC(=O)OCCC1CC1CCCCCC. The summed E-state index contributed by atoms with van der Waals surface area (Å²) in [5.74, 6) is 1.70. The number of rotatable bonds is 41. The quantitative estimate of drug-likeness (QED) is 0.0498. The number of aliphatic hydroxyl groups excluding tert-OH is 1. The Hall–Kier alpha value is -1.14. The monoisotopic (exact) mass is 736 g/mol. The van der Waals surface area contributed by atoms with Crippen molar-refractivity contribution in [2.24, 2.45) is 11.8 Å². The molecule has 0 radical (unpaired) electrons. The third-order valence-corrected chi connectivity index (χ3v) is 11.4. The first-order valence-electron chi connectivity index (χ1n) is 23.2. The van der Waals surface area contributed by atoms with Crippen LogP contribution in [0, 0.1) is 11.8 Å². The van der Waals surface area contributed by atoms with Crippen molar-refractivity contribution >= 4 is 11.9 Å². The summed E-state index contributed by atoms with van der Waals surface area (Å²) in [4.78, 5) is 27.2. The van der Waals surface area contributed by atoms with E-state index in [0.717, 1.165) is 102 Å². The first-order valence-corrected chi connectivity index (χ1v) is 23.2. The highest BCUT2D eigenvalue weighted by Gasteiger charge is 2.35. The van der Waals surface area contributed by atoms with E-state index in [2.05, 4.69) is 25.7 Å². The Balaban J connectivity index is 2.05. The minimum atomic E-state index is -0.0135. The summed E-state index contributed by atoms with van der Waals surface area (Å²) in [6.45, 7) is 10.4. The number of unbranched alkanes of at least 4 members (excludes halogenated alkanes) is 21.